The molecule has 1 N–H and O–H groups in total. The molecule has 158 valence electrons. The second-order valence-corrected chi connectivity index (χ2v) is 7.45. The molecule has 1 aliphatic rings. The molecule has 4 rings (SSSR count). The monoisotopic (exact) mass is 419 g/mol. The zero-order chi connectivity index (χ0) is 22.0. The Morgan fingerprint density at radius 3 is 2.39 bits per heavy atom. The molecule has 1 unspecified atom stereocenters. The third-order valence-electron chi connectivity index (χ3n) is 5.40. The van der Waals surface area contributed by atoms with E-state index < -0.39 is 11.5 Å². The molecule has 1 heterocycles. The second kappa shape index (κ2) is 8.32. The molecule has 3 aromatic carbocycles. The number of para-hydroxylation sites is 1. The molecule has 3 aromatic rings. The van der Waals surface area contributed by atoms with Gasteiger partial charge in [-0.3, -0.25) is 9.59 Å². The number of amides is 1. The Labute approximate surface area is 179 Å². The molecule has 1 atom stereocenters. The molecule has 0 aromatic heterocycles. The van der Waals surface area contributed by atoms with Crippen LogP contribution in [0.3, 0.4) is 0 Å². The van der Waals surface area contributed by atoms with Crippen LogP contribution in [0.25, 0.3) is 0 Å². The molecule has 0 aliphatic carbocycles. The van der Waals surface area contributed by atoms with E-state index in [1.54, 1.807) is 60.7 Å². The van der Waals surface area contributed by atoms with Gasteiger partial charge in [-0.1, -0.05) is 30.3 Å². The van der Waals surface area contributed by atoms with Gasteiger partial charge in [0.2, 0.25) is 0 Å². The Kier molecular flexibility index (Phi) is 5.57. The predicted molar refractivity (Wildman–Crippen MR) is 114 cm³/mol. The van der Waals surface area contributed by atoms with Crippen molar-refractivity contribution in [1.29, 1.82) is 0 Å². The normalized spacial score (nSPS) is 17.5. The molecule has 0 radical (unpaired) electrons. The van der Waals surface area contributed by atoms with E-state index in [1.165, 1.54) is 17.0 Å². The van der Waals surface area contributed by atoms with Crippen molar-refractivity contribution in [3.63, 3.8) is 0 Å². The number of hydrogen-bond acceptors (Lipinski definition) is 4. The summed E-state index contributed by atoms with van der Waals surface area (Å²) in [5.74, 6) is -0.644. The quantitative estimate of drug-likeness (QED) is 0.582. The van der Waals surface area contributed by atoms with Gasteiger partial charge in [-0.15, -0.1) is 0 Å². The maximum atomic E-state index is 13.3. The molecule has 1 aliphatic heterocycles. The van der Waals surface area contributed by atoms with Gasteiger partial charge in [-0.2, -0.15) is 0 Å². The number of anilines is 1. The number of Topliss-reactive ketones (excluding diaryl/α,β-unsaturated/α-hetero) is 1. The van der Waals surface area contributed by atoms with Gasteiger partial charge in [0.1, 0.15) is 11.6 Å². The summed E-state index contributed by atoms with van der Waals surface area (Å²) in [4.78, 5) is 27.6. The Morgan fingerprint density at radius 2 is 1.71 bits per heavy atom. The fourth-order valence-electron chi connectivity index (χ4n) is 3.84. The third-order valence-corrected chi connectivity index (χ3v) is 5.40. The van der Waals surface area contributed by atoms with Crippen LogP contribution in [0.1, 0.15) is 34.8 Å². The van der Waals surface area contributed by atoms with Gasteiger partial charge in [-0.25, -0.2) is 4.39 Å². The average Bonchev–Trinajstić information content (AvgIpc) is 2.98. The molecule has 31 heavy (non-hydrogen) atoms. The first-order chi connectivity index (χ1) is 14.9. The third kappa shape index (κ3) is 3.94. The van der Waals surface area contributed by atoms with Crippen molar-refractivity contribution in [3.8, 4) is 5.75 Å². The minimum atomic E-state index is -1.97. The lowest BCUT2D eigenvalue weighted by molar-refractivity contribution is -0.136. The van der Waals surface area contributed by atoms with E-state index in [4.69, 9.17) is 4.74 Å². The molecule has 1 amide bonds. The zero-order valence-corrected chi connectivity index (χ0v) is 17.0. The van der Waals surface area contributed by atoms with Crippen LogP contribution < -0.4 is 9.64 Å². The lowest BCUT2D eigenvalue weighted by Crippen LogP contribution is -2.41. The number of carbonyl (C=O) groups is 2. The molecule has 6 heteroatoms. The van der Waals surface area contributed by atoms with Crippen molar-refractivity contribution in [1.82, 2.24) is 0 Å². The van der Waals surface area contributed by atoms with Gasteiger partial charge in [0.15, 0.2) is 11.4 Å². The van der Waals surface area contributed by atoms with E-state index in [9.17, 15) is 19.1 Å². The summed E-state index contributed by atoms with van der Waals surface area (Å²) in [5, 5.41) is 11.4. The minimum absolute atomic E-state index is 0.162. The number of aliphatic hydroxyl groups is 1. The first kappa shape index (κ1) is 20.8. The summed E-state index contributed by atoms with van der Waals surface area (Å²) in [5.41, 5.74) is 0.0674. The summed E-state index contributed by atoms with van der Waals surface area (Å²) in [6.07, 6.45) is -0.378. The first-order valence-electron chi connectivity index (χ1n) is 10.1. The molecule has 0 fully saturated rings. The fraction of sp³-hybridized carbons (Fsp3) is 0.200. The topological polar surface area (TPSA) is 66.8 Å². The van der Waals surface area contributed by atoms with Crippen LogP contribution in [-0.4, -0.2) is 23.4 Å². The van der Waals surface area contributed by atoms with Crippen LogP contribution in [0.5, 0.6) is 5.75 Å². The van der Waals surface area contributed by atoms with Crippen molar-refractivity contribution >= 4 is 17.4 Å². The number of ether oxygens (including phenoxy) is 1. The van der Waals surface area contributed by atoms with Gasteiger partial charge in [-0.05, 0) is 55.0 Å². The van der Waals surface area contributed by atoms with Crippen molar-refractivity contribution in [2.45, 2.75) is 25.5 Å². The van der Waals surface area contributed by atoms with Gasteiger partial charge in [0.05, 0.1) is 25.3 Å². The molecule has 5 nitrogen and oxygen atoms in total. The van der Waals surface area contributed by atoms with Gasteiger partial charge in [0.25, 0.3) is 5.91 Å². The number of benzene rings is 3. The zero-order valence-electron chi connectivity index (χ0n) is 17.0. The molecule has 0 saturated heterocycles. The van der Waals surface area contributed by atoms with Crippen LogP contribution in [-0.2, 0) is 16.9 Å². The van der Waals surface area contributed by atoms with E-state index in [2.05, 4.69) is 0 Å². The SMILES string of the molecule is CCOc1ccc(C(=O)CC2(O)C(=O)N(Cc3ccc(F)cc3)c3ccccc32)cc1. The minimum Gasteiger partial charge on any atom is -0.494 e. The molecule has 0 spiro atoms. The number of ketones is 1. The van der Waals surface area contributed by atoms with Gasteiger partial charge < -0.3 is 14.7 Å². The smallest absolute Gasteiger partial charge is 0.264 e. The molecular weight excluding hydrogens is 397 g/mol. The van der Waals surface area contributed by atoms with Gasteiger partial charge in [0, 0.05) is 11.1 Å². The highest BCUT2D eigenvalue weighted by atomic mass is 19.1. The van der Waals surface area contributed by atoms with E-state index in [-0.39, 0.29) is 24.6 Å². The van der Waals surface area contributed by atoms with Crippen LogP contribution in [0.15, 0.2) is 72.8 Å². The fourth-order valence-corrected chi connectivity index (χ4v) is 3.84. The van der Waals surface area contributed by atoms with E-state index in [0.29, 0.717) is 34.7 Å². The number of halogens is 1. The predicted octanol–water partition coefficient (Wildman–Crippen LogP) is 4.23. The Bertz CT molecular complexity index is 1110. The second-order valence-electron chi connectivity index (χ2n) is 7.45. The highest BCUT2D eigenvalue weighted by molar-refractivity contribution is 6.10. The number of nitrogens with zero attached hydrogens (tertiary/aromatic N) is 1. The van der Waals surface area contributed by atoms with Crippen LogP contribution >= 0.6 is 0 Å². The van der Waals surface area contributed by atoms with E-state index in [1.807, 2.05) is 6.92 Å². The summed E-state index contributed by atoms with van der Waals surface area (Å²) in [6, 6.07) is 19.3. The van der Waals surface area contributed by atoms with E-state index >= 15 is 0 Å². The Morgan fingerprint density at radius 1 is 1.03 bits per heavy atom. The van der Waals surface area contributed by atoms with Crippen LogP contribution in [0.2, 0.25) is 0 Å². The Hall–Kier alpha value is -3.51. The van der Waals surface area contributed by atoms with Crippen molar-refractivity contribution in [2.24, 2.45) is 0 Å². The summed E-state index contributed by atoms with van der Waals surface area (Å²) in [7, 11) is 0. The lowest BCUT2D eigenvalue weighted by atomic mass is 9.88. The number of hydrogen-bond donors (Lipinski definition) is 1. The van der Waals surface area contributed by atoms with Crippen LogP contribution in [0, 0.1) is 5.82 Å². The molecular formula is C25H22FNO4. The van der Waals surface area contributed by atoms with Crippen molar-refractivity contribution in [2.75, 3.05) is 11.5 Å². The van der Waals surface area contributed by atoms with Crippen LogP contribution in [0.4, 0.5) is 10.1 Å². The summed E-state index contributed by atoms with van der Waals surface area (Å²) in [6.45, 7) is 2.55. The Balaban J connectivity index is 1.61. The number of carbonyl (C=O) groups excluding carboxylic acids is 2. The summed E-state index contributed by atoms with van der Waals surface area (Å²) < 4.78 is 18.6. The van der Waals surface area contributed by atoms with E-state index in [0.717, 1.165) is 0 Å². The van der Waals surface area contributed by atoms with Crippen molar-refractivity contribution in [3.05, 3.63) is 95.3 Å². The highest BCUT2D eigenvalue weighted by Crippen LogP contribution is 2.43. The standard InChI is InChI=1S/C25H22FNO4/c1-2-31-20-13-9-18(10-14-20)23(28)15-25(30)21-5-3-4-6-22(21)27(24(25)29)16-17-7-11-19(26)12-8-17/h3-14,30H,2,15-16H2,1H3. The highest BCUT2D eigenvalue weighted by Gasteiger charge is 2.50. The number of rotatable bonds is 7. The maximum Gasteiger partial charge on any atom is 0.264 e. The lowest BCUT2D eigenvalue weighted by Gasteiger charge is -2.23. The average molecular weight is 419 g/mol. The number of fused-ring (bicyclic) bond motifs is 1. The van der Waals surface area contributed by atoms with Gasteiger partial charge >= 0.3 is 0 Å². The molecule has 0 saturated carbocycles. The first-order valence-corrected chi connectivity index (χ1v) is 10.1. The largest absolute Gasteiger partial charge is 0.494 e. The molecule has 0 bridgehead atoms. The van der Waals surface area contributed by atoms with Crippen molar-refractivity contribution < 1.29 is 23.8 Å². The maximum absolute atomic E-state index is 13.3. The summed E-state index contributed by atoms with van der Waals surface area (Å²) >= 11 is 0.